The van der Waals surface area contributed by atoms with Crippen LogP contribution in [0.1, 0.15) is 12.0 Å². The van der Waals surface area contributed by atoms with Crippen LogP contribution in [-0.2, 0) is 11.3 Å². The third-order valence-electron chi connectivity index (χ3n) is 2.24. The average molecular weight is 198 g/mol. The van der Waals surface area contributed by atoms with Gasteiger partial charge in [-0.2, -0.15) is 0 Å². The quantitative estimate of drug-likeness (QED) is 0.674. The highest BCUT2D eigenvalue weighted by molar-refractivity contribution is 5.28. The van der Waals surface area contributed by atoms with Crippen LogP contribution in [0.15, 0.2) is 66.5 Å². The van der Waals surface area contributed by atoms with Gasteiger partial charge in [0.05, 0.1) is 6.26 Å². The molecular weight excluding hydrogens is 184 g/mol. The van der Waals surface area contributed by atoms with Crippen LogP contribution in [0.5, 0.6) is 0 Å². The molecule has 0 bridgehead atoms. The largest absolute Gasteiger partial charge is 0.496 e. The fraction of sp³-hybridized carbons (Fsp3) is 0.143. The summed E-state index contributed by atoms with van der Waals surface area (Å²) < 4.78 is 5.51. The lowest BCUT2D eigenvalue weighted by atomic mass is 10.1. The van der Waals surface area contributed by atoms with E-state index in [-0.39, 0.29) is 0 Å². The molecule has 15 heavy (non-hydrogen) atoms. The SMILES string of the molecule is C1=CCC(=COCc2ccccc2)C=C1. The van der Waals surface area contributed by atoms with Crippen LogP contribution in [0.3, 0.4) is 0 Å². The molecule has 0 unspecified atom stereocenters. The molecule has 0 amide bonds. The van der Waals surface area contributed by atoms with Gasteiger partial charge in [-0.1, -0.05) is 54.6 Å². The summed E-state index contributed by atoms with van der Waals surface area (Å²) in [7, 11) is 0. The van der Waals surface area contributed by atoms with Crippen molar-refractivity contribution in [1.82, 2.24) is 0 Å². The maximum atomic E-state index is 5.51. The van der Waals surface area contributed by atoms with Crippen molar-refractivity contribution in [1.29, 1.82) is 0 Å². The van der Waals surface area contributed by atoms with Gasteiger partial charge in [0.25, 0.3) is 0 Å². The highest BCUT2D eigenvalue weighted by Crippen LogP contribution is 2.10. The minimum absolute atomic E-state index is 0.641. The summed E-state index contributed by atoms with van der Waals surface area (Å²) >= 11 is 0. The molecule has 1 aliphatic carbocycles. The van der Waals surface area contributed by atoms with E-state index in [1.807, 2.05) is 30.5 Å². The number of hydrogen-bond donors (Lipinski definition) is 0. The number of allylic oxidation sites excluding steroid dienone is 5. The fourth-order valence-corrected chi connectivity index (χ4v) is 1.44. The Bertz CT molecular complexity index is 385. The Labute approximate surface area is 90.4 Å². The molecule has 1 nitrogen and oxygen atoms in total. The molecule has 1 aromatic carbocycles. The van der Waals surface area contributed by atoms with Gasteiger partial charge >= 0.3 is 0 Å². The number of hydrogen-bond acceptors (Lipinski definition) is 1. The van der Waals surface area contributed by atoms with Crippen LogP contribution in [0.2, 0.25) is 0 Å². The third kappa shape index (κ3) is 3.13. The van der Waals surface area contributed by atoms with E-state index in [0.29, 0.717) is 6.61 Å². The fourth-order valence-electron chi connectivity index (χ4n) is 1.44. The Balaban J connectivity index is 1.84. The van der Waals surface area contributed by atoms with E-state index >= 15 is 0 Å². The van der Waals surface area contributed by atoms with Crippen LogP contribution in [0.25, 0.3) is 0 Å². The van der Waals surface area contributed by atoms with E-state index in [1.54, 1.807) is 0 Å². The van der Waals surface area contributed by atoms with E-state index in [4.69, 9.17) is 4.74 Å². The minimum Gasteiger partial charge on any atom is -0.496 e. The molecule has 0 fully saturated rings. The molecule has 1 heteroatoms. The van der Waals surface area contributed by atoms with Crippen LogP contribution in [0, 0.1) is 0 Å². The molecule has 0 heterocycles. The maximum Gasteiger partial charge on any atom is 0.112 e. The van der Waals surface area contributed by atoms with Gasteiger partial charge < -0.3 is 4.74 Å². The Morgan fingerprint density at radius 1 is 1.13 bits per heavy atom. The molecule has 0 saturated carbocycles. The zero-order valence-electron chi connectivity index (χ0n) is 8.60. The Morgan fingerprint density at radius 3 is 2.73 bits per heavy atom. The van der Waals surface area contributed by atoms with Crippen molar-refractivity contribution in [3.8, 4) is 0 Å². The smallest absolute Gasteiger partial charge is 0.112 e. The standard InChI is InChI=1S/C14H14O/c1-3-7-13(8-4-1)11-15-12-14-9-5-2-6-10-14/h1-9,12H,10-11H2. The molecule has 0 N–H and O–H groups in total. The predicted molar refractivity (Wildman–Crippen MR) is 62.2 cm³/mol. The molecule has 0 radical (unpaired) electrons. The first-order chi connectivity index (χ1) is 7.45. The third-order valence-corrected chi connectivity index (χ3v) is 2.24. The highest BCUT2D eigenvalue weighted by Gasteiger charge is 1.94. The summed E-state index contributed by atoms with van der Waals surface area (Å²) in [6.45, 7) is 0.641. The normalized spacial score (nSPS) is 16.9. The second kappa shape index (κ2) is 5.20. The first-order valence-corrected chi connectivity index (χ1v) is 5.13. The zero-order chi connectivity index (χ0) is 10.3. The van der Waals surface area contributed by atoms with Gasteiger partial charge in [-0.05, 0) is 17.6 Å². The van der Waals surface area contributed by atoms with Crippen LogP contribution in [-0.4, -0.2) is 0 Å². The molecule has 0 atom stereocenters. The van der Waals surface area contributed by atoms with Crippen molar-refractivity contribution in [2.24, 2.45) is 0 Å². The Kier molecular flexibility index (Phi) is 3.39. The van der Waals surface area contributed by atoms with E-state index in [9.17, 15) is 0 Å². The van der Waals surface area contributed by atoms with E-state index < -0.39 is 0 Å². The second-order valence-electron chi connectivity index (χ2n) is 3.48. The van der Waals surface area contributed by atoms with Crippen molar-refractivity contribution in [2.75, 3.05) is 0 Å². The Hall–Kier alpha value is -1.76. The molecule has 76 valence electrons. The number of benzene rings is 1. The monoisotopic (exact) mass is 198 g/mol. The van der Waals surface area contributed by atoms with Crippen molar-refractivity contribution < 1.29 is 4.74 Å². The molecular formula is C14H14O. The predicted octanol–water partition coefficient (Wildman–Crippen LogP) is 3.60. The van der Waals surface area contributed by atoms with E-state index in [2.05, 4.69) is 30.4 Å². The van der Waals surface area contributed by atoms with Gasteiger partial charge in [0, 0.05) is 0 Å². The van der Waals surface area contributed by atoms with Crippen LogP contribution >= 0.6 is 0 Å². The van der Waals surface area contributed by atoms with Gasteiger partial charge in [0.15, 0.2) is 0 Å². The summed E-state index contributed by atoms with van der Waals surface area (Å²) in [4.78, 5) is 0. The van der Waals surface area contributed by atoms with Gasteiger partial charge in [0.1, 0.15) is 6.61 Å². The lowest BCUT2D eigenvalue weighted by Crippen LogP contribution is -1.88. The lowest BCUT2D eigenvalue weighted by molar-refractivity contribution is 0.234. The topological polar surface area (TPSA) is 9.23 Å². The maximum absolute atomic E-state index is 5.51. The number of rotatable bonds is 3. The molecule has 0 aliphatic heterocycles. The van der Waals surface area contributed by atoms with Gasteiger partial charge in [-0.25, -0.2) is 0 Å². The molecule has 0 saturated heterocycles. The lowest BCUT2D eigenvalue weighted by Gasteiger charge is -2.04. The molecule has 0 spiro atoms. The molecule has 1 aromatic rings. The summed E-state index contributed by atoms with van der Waals surface area (Å²) in [6, 6.07) is 10.2. The van der Waals surface area contributed by atoms with Crippen LogP contribution < -0.4 is 0 Å². The van der Waals surface area contributed by atoms with Crippen molar-refractivity contribution >= 4 is 0 Å². The van der Waals surface area contributed by atoms with E-state index in [1.165, 1.54) is 11.1 Å². The summed E-state index contributed by atoms with van der Waals surface area (Å²) in [6.07, 6.45) is 11.1. The molecule has 1 aliphatic rings. The second-order valence-corrected chi connectivity index (χ2v) is 3.48. The summed E-state index contributed by atoms with van der Waals surface area (Å²) in [5.41, 5.74) is 2.41. The first-order valence-electron chi connectivity index (χ1n) is 5.13. The zero-order valence-corrected chi connectivity index (χ0v) is 8.60. The molecule has 0 aromatic heterocycles. The number of ether oxygens (including phenoxy) is 1. The van der Waals surface area contributed by atoms with E-state index in [0.717, 1.165) is 6.42 Å². The average Bonchev–Trinajstić information content (AvgIpc) is 2.32. The minimum atomic E-state index is 0.641. The molecule has 2 rings (SSSR count). The highest BCUT2D eigenvalue weighted by atomic mass is 16.5. The summed E-state index contributed by atoms with van der Waals surface area (Å²) in [5.74, 6) is 0. The first kappa shape index (κ1) is 9.78. The Morgan fingerprint density at radius 2 is 2.00 bits per heavy atom. The van der Waals surface area contributed by atoms with Crippen molar-refractivity contribution in [3.05, 3.63) is 72.0 Å². The summed E-state index contributed by atoms with van der Waals surface area (Å²) in [5, 5.41) is 0. The van der Waals surface area contributed by atoms with Gasteiger partial charge in [0.2, 0.25) is 0 Å². The van der Waals surface area contributed by atoms with Gasteiger partial charge in [-0.3, -0.25) is 0 Å². The van der Waals surface area contributed by atoms with Crippen molar-refractivity contribution in [2.45, 2.75) is 13.0 Å². The van der Waals surface area contributed by atoms with Crippen LogP contribution in [0.4, 0.5) is 0 Å². The van der Waals surface area contributed by atoms with Gasteiger partial charge in [-0.15, -0.1) is 0 Å². The van der Waals surface area contributed by atoms with Crippen molar-refractivity contribution in [3.63, 3.8) is 0 Å².